The smallest absolute Gasteiger partial charge is 0.340 e. The van der Waals surface area contributed by atoms with E-state index in [1.54, 1.807) is 0 Å². The van der Waals surface area contributed by atoms with Gasteiger partial charge in [0.1, 0.15) is 5.82 Å². The molecule has 2 aromatic rings. The molecule has 1 saturated carbocycles. The summed E-state index contributed by atoms with van der Waals surface area (Å²) in [4.78, 5) is 36.7. The predicted octanol–water partition coefficient (Wildman–Crippen LogP) is 3.80. The minimum absolute atomic E-state index is 0.0438. The van der Waals surface area contributed by atoms with Gasteiger partial charge in [0.25, 0.3) is 11.8 Å². The van der Waals surface area contributed by atoms with Gasteiger partial charge in [0, 0.05) is 16.6 Å². The van der Waals surface area contributed by atoms with E-state index in [1.807, 2.05) is 6.92 Å². The fourth-order valence-electron chi connectivity index (χ4n) is 2.81. The molecule has 2 N–H and O–H groups in total. The zero-order valence-electron chi connectivity index (χ0n) is 15.7. The Kier molecular flexibility index (Phi) is 6.49. The molecule has 152 valence electrons. The van der Waals surface area contributed by atoms with Crippen LogP contribution in [0.15, 0.2) is 42.5 Å². The average Bonchev–Trinajstić information content (AvgIpc) is 3.52. The lowest BCUT2D eigenvalue weighted by atomic mass is 10.1. The molecule has 0 bridgehead atoms. The third kappa shape index (κ3) is 5.77. The summed E-state index contributed by atoms with van der Waals surface area (Å²) in [6.07, 6.45) is 2.17. The molecule has 1 fully saturated rings. The standard InChI is InChI=1S/C21H20ClFN2O4/c1-12(13-2-3-13)24-19(26)11-29-21(28)17-9-6-15(22)10-18(17)25-20(27)14-4-7-16(23)8-5-14/h4-10,12-13H,2-3,11H2,1H3,(H,24,26)(H,25,27)/t12-/m1/s1. The Morgan fingerprint density at radius 2 is 1.86 bits per heavy atom. The molecule has 3 rings (SSSR count). The molecule has 1 aliphatic rings. The van der Waals surface area contributed by atoms with Crippen molar-refractivity contribution in [3.8, 4) is 0 Å². The zero-order chi connectivity index (χ0) is 21.0. The number of carbonyl (C=O) groups is 3. The second-order valence-electron chi connectivity index (χ2n) is 6.92. The van der Waals surface area contributed by atoms with E-state index >= 15 is 0 Å². The van der Waals surface area contributed by atoms with Crippen molar-refractivity contribution in [1.82, 2.24) is 5.32 Å². The van der Waals surface area contributed by atoms with Gasteiger partial charge in [-0.3, -0.25) is 9.59 Å². The maximum Gasteiger partial charge on any atom is 0.340 e. The molecule has 0 heterocycles. The number of nitrogens with one attached hydrogen (secondary N) is 2. The highest BCUT2D eigenvalue weighted by Gasteiger charge is 2.29. The second-order valence-corrected chi connectivity index (χ2v) is 7.36. The van der Waals surface area contributed by atoms with Crippen molar-refractivity contribution in [2.45, 2.75) is 25.8 Å². The average molecular weight is 419 g/mol. The lowest BCUT2D eigenvalue weighted by Crippen LogP contribution is -2.37. The molecule has 0 saturated heterocycles. The second kappa shape index (κ2) is 9.05. The van der Waals surface area contributed by atoms with E-state index in [9.17, 15) is 18.8 Å². The number of hydrogen-bond donors (Lipinski definition) is 2. The number of halogens is 2. The van der Waals surface area contributed by atoms with Crippen molar-refractivity contribution in [3.63, 3.8) is 0 Å². The monoisotopic (exact) mass is 418 g/mol. The first-order valence-electron chi connectivity index (χ1n) is 9.16. The Hall–Kier alpha value is -2.93. The van der Waals surface area contributed by atoms with Gasteiger partial charge in [0.15, 0.2) is 6.61 Å². The van der Waals surface area contributed by atoms with Crippen LogP contribution in [0, 0.1) is 11.7 Å². The summed E-state index contributed by atoms with van der Waals surface area (Å²) < 4.78 is 18.1. The lowest BCUT2D eigenvalue weighted by molar-refractivity contribution is -0.124. The Morgan fingerprint density at radius 3 is 2.52 bits per heavy atom. The molecular formula is C21H20ClFN2O4. The molecular weight excluding hydrogens is 399 g/mol. The van der Waals surface area contributed by atoms with Gasteiger partial charge in [-0.2, -0.15) is 0 Å². The van der Waals surface area contributed by atoms with Crippen LogP contribution < -0.4 is 10.6 Å². The first kappa shape index (κ1) is 20.8. The van der Waals surface area contributed by atoms with Gasteiger partial charge < -0.3 is 15.4 Å². The van der Waals surface area contributed by atoms with E-state index in [-0.39, 0.29) is 28.8 Å². The van der Waals surface area contributed by atoms with Crippen LogP contribution in [0.5, 0.6) is 0 Å². The summed E-state index contributed by atoms with van der Waals surface area (Å²) in [7, 11) is 0. The van der Waals surface area contributed by atoms with Gasteiger partial charge in [0.05, 0.1) is 11.3 Å². The highest BCUT2D eigenvalue weighted by atomic mass is 35.5. The summed E-state index contributed by atoms with van der Waals surface area (Å²) in [5.74, 6) is -1.69. The number of rotatable bonds is 7. The van der Waals surface area contributed by atoms with Crippen LogP contribution in [-0.4, -0.2) is 30.4 Å². The molecule has 2 aromatic carbocycles. The molecule has 0 aromatic heterocycles. The van der Waals surface area contributed by atoms with Gasteiger partial charge in [-0.1, -0.05) is 11.6 Å². The van der Waals surface area contributed by atoms with Crippen LogP contribution >= 0.6 is 11.6 Å². The molecule has 2 amide bonds. The molecule has 1 atom stereocenters. The fraction of sp³-hybridized carbons (Fsp3) is 0.286. The fourth-order valence-corrected chi connectivity index (χ4v) is 2.98. The highest BCUT2D eigenvalue weighted by Crippen LogP contribution is 2.32. The molecule has 0 radical (unpaired) electrons. The van der Waals surface area contributed by atoms with E-state index in [0.29, 0.717) is 10.9 Å². The van der Waals surface area contributed by atoms with Crippen LogP contribution in [-0.2, 0) is 9.53 Å². The number of esters is 1. The van der Waals surface area contributed by atoms with Crippen molar-refractivity contribution in [3.05, 3.63) is 64.4 Å². The van der Waals surface area contributed by atoms with Crippen LogP contribution in [0.2, 0.25) is 5.02 Å². The molecule has 1 aliphatic carbocycles. The van der Waals surface area contributed by atoms with E-state index in [1.165, 1.54) is 30.3 Å². The molecule has 0 unspecified atom stereocenters. The SMILES string of the molecule is C[C@@H](NC(=O)COC(=O)c1ccc(Cl)cc1NC(=O)c1ccc(F)cc1)C1CC1. The summed E-state index contributed by atoms with van der Waals surface area (Å²) in [6, 6.07) is 9.26. The van der Waals surface area contributed by atoms with Crippen molar-refractivity contribution in [1.29, 1.82) is 0 Å². The third-order valence-electron chi connectivity index (χ3n) is 4.61. The van der Waals surface area contributed by atoms with Gasteiger partial charge in [0.2, 0.25) is 0 Å². The Balaban J connectivity index is 1.65. The summed E-state index contributed by atoms with van der Waals surface area (Å²) >= 11 is 5.97. The maximum atomic E-state index is 13.0. The summed E-state index contributed by atoms with van der Waals surface area (Å²) in [6.45, 7) is 1.49. The highest BCUT2D eigenvalue weighted by molar-refractivity contribution is 6.31. The maximum absolute atomic E-state index is 13.0. The zero-order valence-corrected chi connectivity index (χ0v) is 16.5. The van der Waals surface area contributed by atoms with Crippen LogP contribution in [0.3, 0.4) is 0 Å². The summed E-state index contributed by atoms with van der Waals surface area (Å²) in [5.41, 5.74) is 0.385. The van der Waals surface area contributed by atoms with Crippen LogP contribution in [0.4, 0.5) is 10.1 Å². The van der Waals surface area contributed by atoms with Crippen molar-refractivity contribution in [2.24, 2.45) is 5.92 Å². The largest absolute Gasteiger partial charge is 0.452 e. The van der Waals surface area contributed by atoms with Crippen molar-refractivity contribution < 1.29 is 23.5 Å². The lowest BCUT2D eigenvalue weighted by Gasteiger charge is -2.14. The topological polar surface area (TPSA) is 84.5 Å². The number of carbonyl (C=O) groups excluding carboxylic acids is 3. The van der Waals surface area contributed by atoms with Crippen LogP contribution in [0.25, 0.3) is 0 Å². The normalized spacial score (nSPS) is 14.0. The number of hydrogen-bond acceptors (Lipinski definition) is 4. The first-order chi connectivity index (χ1) is 13.8. The Bertz CT molecular complexity index is 929. The predicted molar refractivity (Wildman–Crippen MR) is 106 cm³/mol. The number of anilines is 1. The van der Waals surface area contributed by atoms with E-state index < -0.39 is 24.3 Å². The number of benzene rings is 2. The third-order valence-corrected chi connectivity index (χ3v) is 4.84. The quantitative estimate of drug-likeness (QED) is 0.670. The minimum Gasteiger partial charge on any atom is -0.452 e. The van der Waals surface area contributed by atoms with Gasteiger partial charge in [-0.15, -0.1) is 0 Å². The van der Waals surface area contributed by atoms with E-state index in [4.69, 9.17) is 16.3 Å². The van der Waals surface area contributed by atoms with E-state index in [0.717, 1.165) is 25.0 Å². The Labute approximate surface area is 172 Å². The van der Waals surface area contributed by atoms with Crippen molar-refractivity contribution >= 4 is 35.1 Å². The first-order valence-corrected chi connectivity index (χ1v) is 9.54. The molecule has 0 spiro atoms. The van der Waals surface area contributed by atoms with Crippen molar-refractivity contribution in [2.75, 3.05) is 11.9 Å². The molecule has 29 heavy (non-hydrogen) atoms. The van der Waals surface area contributed by atoms with Gasteiger partial charge in [-0.05, 0) is 68.1 Å². The van der Waals surface area contributed by atoms with Gasteiger partial charge >= 0.3 is 5.97 Å². The van der Waals surface area contributed by atoms with E-state index in [2.05, 4.69) is 10.6 Å². The molecule has 6 nitrogen and oxygen atoms in total. The van der Waals surface area contributed by atoms with Gasteiger partial charge in [-0.25, -0.2) is 9.18 Å². The molecule has 8 heteroatoms. The minimum atomic E-state index is -0.773. The number of amides is 2. The van der Waals surface area contributed by atoms with Crippen LogP contribution in [0.1, 0.15) is 40.5 Å². The Morgan fingerprint density at radius 1 is 1.17 bits per heavy atom. The molecule has 0 aliphatic heterocycles. The summed E-state index contributed by atoms with van der Waals surface area (Å²) in [5, 5.41) is 5.65. The number of ether oxygens (including phenoxy) is 1.